The van der Waals surface area contributed by atoms with Gasteiger partial charge in [-0.15, -0.1) is 0 Å². The van der Waals surface area contributed by atoms with Crippen LogP contribution >= 0.6 is 11.6 Å². The SMILES string of the molecule is C[C@@H](Cn1cccn1)NS(=O)(=O)c1ncn(C)c1Cl. The number of aryl methyl sites for hydroxylation is 1. The van der Waals surface area contributed by atoms with Crippen molar-refractivity contribution in [2.75, 3.05) is 0 Å². The van der Waals surface area contributed by atoms with Gasteiger partial charge in [0.2, 0.25) is 5.03 Å². The van der Waals surface area contributed by atoms with Gasteiger partial charge in [-0.2, -0.15) is 5.10 Å². The van der Waals surface area contributed by atoms with Crippen molar-refractivity contribution in [3.05, 3.63) is 29.9 Å². The monoisotopic (exact) mass is 303 g/mol. The number of halogens is 1. The largest absolute Gasteiger partial charge is 0.324 e. The van der Waals surface area contributed by atoms with E-state index >= 15 is 0 Å². The van der Waals surface area contributed by atoms with Crippen LogP contribution in [0.15, 0.2) is 29.8 Å². The highest BCUT2D eigenvalue weighted by molar-refractivity contribution is 7.89. The van der Waals surface area contributed by atoms with Crippen LogP contribution in [0.5, 0.6) is 0 Å². The molecular weight excluding hydrogens is 290 g/mol. The molecule has 2 aromatic rings. The molecule has 0 saturated heterocycles. The standard InChI is InChI=1S/C10H14ClN5O2S/c1-8(6-16-5-3-4-13-16)14-19(17,18)10-9(11)15(2)7-12-10/h3-5,7-8,14H,6H2,1-2H3/t8-/m0/s1. The van der Waals surface area contributed by atoms with Gasteiger partial charge in [0.15, 0.2) is 0 Å². The summed E-state index contributed by atoms with van der Waals surface area (Å²) in [6, 6.07) is 1.44. The number of aromatic nitrogens is 4. The molecule has 0 spiro atoms. The van der Waals surface area contributed by atoms with Gasteiger partial charge < -0.3 is 4.57 Å². The minimum absolute atomic E-state index is 0.0822. The van der Waals surface area contributed by atoms with Crippen molar-refractivity contribution in [3.8, 4) is 0 Å². The second-order valence-corrected chi connectivity index (χ2v) is 6.19. The Bertz CT molecular complexity index is 650. The molecule has 1 atom stereocenters. The van der Waals surface area contributed by atoms with Crippen LogP contribution in [-0.2, 0) is 23.6 Å². The van der Waals surface area contributed by atoms with Crippen LogP contribution in [0.4, 0.5) is 0 Å². The highest BCUT2D eigenvalue weighted by atomic mass is 35.5. The van der Waals surface area contributed by atoms with Crippen molar-refractivity contribution in [2.24, 2.45) is 7.05 Å². The lowest BCUT2D eigenvalue weighted by Crippen LogP contribution is -2.36. The average Bonchev–Trinajstić information content (AvgIpc) is 2.90. The first-order valence-corrected chi connectivity index (χ1v) is 7.43. The fraction of sp³-hybridized carbons (Fsp3) is 0.400. The minimum Gasteiger partial charge on any atom is -0.324 e. The van der Waals surface area contributed by atoms with E-state index < -0.39 is 10.0 Å². The molecule has 0 fully saturated rings. The second-order valence-electron chi connectivity index (χ2n) is 4.20. The zero-order valence-corrected chi connectivity index (χ0v) is 12.1. The Morgan fingerprint density at radius 2 is 2.26 bits per heavy atom. The summed E-state index contributed by atoms with van der Waals surface area (Å²) in [5.74, 6) is 0. The highest BCUT2D eigenvalue weighted by Gasteiger charge is 2.24. The zero-order valence-electron chi connectivity index (χ0n) is 10.5. The predicted molar refractivity (Wildman–Crippen MR) is 70.2 cm³/mol. The quantitative estimate of drug-likeness (QED) is 0.878. The Hall–Kier alpha value is -1.38. The summed E-state index contributed by atoms with van der Waals surface area (Å²) in [6.07, 6.45) is 4.75. The molecule has 0 radical (unpaired) electrons. The van der Waals surface area contributed by atoms with Gasteiger partial charge in [0.05, 0.1) is 12.9 Å². The normalized spacial score (nSPS) is 13.6. The second kappa shape index (κ2) is 5.32. The molecule has 0 aliphatic heterocycles. The number of hydrogen-bond acceptors (Lipinski definition) is 4. The predicted octanol–water partition coefficient (Wildman–Crippen LogP) is 0.637. The number of imidazole rings is 1. The van der Waals surface area contributed by atoms with E-state index in [0.29, 0.717) is 6.54 Å². The van der Waals surface area contributed by atoms with Gasteiger partial charge in [-0.1, -0.05) is 11.6 Å². The maximum Gasteiger partial charge on any atom is 0.261 e. The van der Waals surface area contributed by atoms with Gasteiger partial charge in [0, 0.05) is 25.5 Å². The van der Waals surface area contributed by atoms with Crippen molar-refractivity contribution < 1.29 is 8.42 Å². The third-order valence-electron chi connectivity index (χ3n) is 2.47. The van der Waals surface area contributed by atoms with E-state index in [9.17, 15) is 8.42 Å². The van der Waals surface area contributed by atoms with Gasteiger partial charge >= 0.3 is 0 Å². The maximum absolute atomic E-state index is 12.1. The van der Waals surface area contributed by atoms with E-state index in [-0.39, 0.29) is 16.2 Å². The summed E-state index contributed by atoms with van der Waals surface area (Å²) in [6.45, 7) is 2.17. The first-order valence-electron chi connectivity index (χ1n) is 5.56. The molecular formula is C10H14ClN5O2S. The van der Waals surface area contributed by atoms with E-state index in [1.807, 2.05) is 0 Å². The summed E-state index contributed by atoms with van der Waals surface area (Å²) < 4.78 is 29.8. The number of sulfonamides is 1. The van der Waals surface area contributed by atoms with Crippen LogP contribution < -0.4 is 4.72 Å². The van der Waals surface area contributed by atoms with Crippen molar-refractivity contribution in [2.45, 2.75) is 24.5 Å². The third kappa shape index (κ3) is 3.14. The van der Waals surface area contributed by atoms with Crippen LogP contribution in [0.25, 0.3) is 0 Å². The summed E-state index contributed by atoms with van der Waals surface area (Å²) in [5, 5.41) is 3.94. The van der Waals surface area contributed by atoms with Crippen molar-refractivity contribution in [1.82, 2.24) is 24.1 Å². The molecule has 9 heteroatoms. The van der Waals surface area contributed by atoms with Crippen LogP contribution in [0.2, 0.25) is 5.15 Å². The molecule has 104 valence electrons. The lowest BCUT2D eigenvalue weighted by atomic mass is 10.4. The fourth-order valence-corrected chi connectivity index (χ4v) is 3.29. The lowest BCUT2D eigenvalue weighted by molar-refractivity contribution is 0.493. The molecule has 0 amide bonds. The van der Waals surface area contributed by atoms with Crippen LogP contribution in [0.3, 0.4) is 0 Å². The Balaban J connectivity index is 2.11. The van der Waals surface area contributed by atoms with Gasteiger partial charge in [-0.3, -0.25) is 4.68 Å². The van der Waals surface area contributed by atoms with Gasteiger partial charge in [0.1, 0.15) is 5.15 Å². The smallest absolute Gasteiger partial charge is 0.261 e. The molecule has 0 aliphatic carbocycles. The average molecular weight is 304 g/mol. The lowest BCUT2D eigenvalue weighted by Gasteiger charge is -2.13. The minimum atomic E-state index is -3.73. The van der Waals surface area contributed by atoms with Gasteiger partial charge in [0.25, 0.3) is 10.0 Å². The number of nitrogens with one attached hydrogen (secondary N) is 1. The molecule has 1 N–H and O–H groups in total. The molecule has 7 nitrogen and oxygen atoms in total. The first-order chi connectivity index (χ1) is 8.90. The van der Waals surface area contributed by atoms with E-state index in [1.54, 1.807) is 37.1 Å². The van der Waals surface area contributed by atoms with Crippen molar-refractivity contribution in [3.63, 3.8) is 0 Å². The van der Waals surface area contributed by atoms with Crippen LogP contribution in [0, 0.1) is 0 Å². The van der Waals surface area contributed by atoms with Crippen molar-refractivity contribution in [1.29, 1.82) is 0 Å². The maximum atomic E-state index is 12.1. The third-order valence-corrected chi connectivity index (χ3v) is 4.54. The molecule has 0 unspecified atom stereocenters. The van der Waals surface area contributed by atoms with Gasteiger partial charge in [-0.05, 0) is 13.0 Å². The summed E-state index contributed by atoms with van der Waals surface area (Å²) in [7, 11) is -2.10. The van der Waals surface area contributed by atoms with Crippen LogP contribution in [0.1, 0.15) is 6.92 Å². The van der Waals surface area contributed by atoms with E-state index in [1.165, 1.54) is 10.9 Å². The summed E-state index contributed by atoms with van der Waals surface area (Å²) >= 11 is 5.88. The molecule has 2 aromatic heterocycles. The highest BCUT2D eigenvalue weighted by Crippen LogP contribution is 2.18. The Labute approximate surface area is 116 Å². The number of hydrogen-bond donors (Lipinski definition) is 1. The molecule has 0 aromatic carbocycles. The van der Waals surface area contributed by atoms with Crippen molar-refractivity contribution >= 4 is 21.6 Å². The first kappa shape index (κ1) is 14.0. The summed E-state index contributed by atoms with van der Waals surface area (Å²) in [4.78, 5) is 3.80. The van der Waals surface area contributed by atoms with E-state index in [4.69, 9.17) is 11.6 Å². The zero-order chi connectivity index (χ0) is 14.0. The topological polar surface area (TPSA) is 81.8 Å². The van der Waals surface area contributed by atoms with Gasteiger partial charge in [-0.25, -0.2) is 18.1 Å². The number of nitrogens with zero attached hydrogens (tertiary/aromatic N) is 4. The summed E-state index contributed by atoms with van der Waals surface area (Å²) in [5.41, 5.74) is 0. The Morgan fingerprint density at radius 3 is 2.79 bits per heavy atom. The fourth-order valence-electron chi connectivity index (χ4n) is 1.62. The number of rotatable bonds is 5. The Kier molecular flexibility index (Phi) is 3.93. The molecule has 0 aliphatic rings. The Morgan fingerprint density at radius 1 is 1.53 bits per heavy atom. The molecule has 2 heterocycles. The molecule has 19 heavy (non-hydrogen) atoms. The van der Waals surface area contributed by atoms with Crippen LogP contribution in [-0.4, -0.2) is 33.8 Å². The molecule has 2 rings (SSSR count). The van der Waals surface area contributed by atoms with E-state index in [2.05, 4.69) is 14.8 Å². The molecule has 0 bridgehead atoms. The molecule has 0 saturated carbocycles. The van der Waals surface area contributed by atoms with E-state index in [0.717, 1.165) is 0 Å².